The van der Waals surface area contributed by atoms with Crippen molar-refractivity contribution in [2.75, 3.05) is 0 Å². The first-order valence-electron chi connectivity index (χ1n) is 10.0. The molecule has 0 atom stereocenters. The maximum absolute atomic E-state index is 12.6. The lowest BCUT2D eigenvalue weighted by molar-refractivity contribution is 0.397. The van der Waals surface area contributed by atoms with Gasteiger partial charge >= 0.3 is 5.69 Å². The third-order valence-electron chi connectivity index (χ3n) is 4.86. The zero-order chi connectivity index (χ0) is 21.0. The van der Waals surface area contributed by atoms with E-state index in [2.05, 4.69) is 23.2 Å². The number of aryl methyl sites for hydroxylation is 3. The number of aromatic amines is 1. The highest BCUT2D eigenvalue weighted by Crippen LogP contribution is 2.28. The molecule has 5 heteroatoms. The van der Waals surface area contributed by atoms with Crippen LogP contribution in [-0.2, 0) is 13.0 Å². The molecule has 1 aromatic heterocycles. The van der Waals surface area contributed by atoms with Crippen molar-refractivity contribution in [1.82, 2.24) is 9.55 Å². The van der Waals surface area contributed by atoms with E-state index in [0.29, 0.717) is 23.7 Å². The summed E-state index contributed by atoms with van der Waals surface area (Å²) in [6.45, 7) is 8.31. The molecule has 1 N–H and O–H groups in total. The van der Waals surface area contributed by atoms with Gasteiger partial charge < -0.3 is 4.74 Å². The lowest BCUT2D eigenvalue weighted by Gasteiger charge is -2.18. The average molecular weight is 392 g/mol. The van der Waals surface area contributed by atoms with Crippen LogP contribution in [0.2, 0.25) is 0 Å². The SMILES string of the molecule is Cc1cc(C)cc(Oc2c(C(C)C)c(=O)[nH]c(=O)n2CCCc2ccccc2)c1. The van der Waals surface area contributed by atoms with Crippen LogP contribution in [0.4, 0.5) is 0 Å². The second-order valence-electron chi connectivity index (χ2n) is 7.80. The zero-order valence-electron chi connectivity index (χ0n) is 17.5. The molecule has 5 nitrogen and oxygen atoms in total. The molecule has 152 valence electrons. The normalized spacial score (nSPS) is 11.1. The third kappa shape index (κ3) is 5.05. The van der Waals surface area contributed by atoms with Crippen LogP contribution >= 0.6 is 0 Å². The number of nitrogens with one attached hydrogen (secondary N) is 1. The Morgan fingerprint density at radius 3 is 2.28 bits per heavy atom. The first-order valence-corrected chi connectivity index (χ1v) is 10.0. The van der Waals surface area contributed by atoms with Crippen LogP contribution in [0, 0.1) is 13.8 Å². The fourth-order valence-corrected chi connectivity index (χ4v) is 3.58. The molecule has 3 aromatic rings. The Balaban J connectivity index is 1.98. The molecule has 0 radical (unpaired) electrons. The van der Waals surface area contributed by atoms with E-state index in [4.69, 9.17) is 4.74 Å². The Bertz CT molecular complexity index is 1080. The van der Waals surface area contributed by atoms with E-state index in [-0.39, 0.29) is 11.5 Å². The molecule has 0 unspecified atom stereocenters. The van der Waals surface area contributed by atoms with Crippen molar-refractivity contribution >= 4 is 0 Å². The second kappa shape index (κ2) is 8.95. The van der Waals surface area contributed by atoms with Gasteiger partial charge in [0.1, 0.15) is 5.75 Å². The van der Waals surface area contributed by atoms with Crippen LogP contribution < -0.4 is 16.0 Å². The van der Waals surface area contributed by atoms with Crippen molar-refractivity contribution < 1.29 is 4.74 Å². The van der Waals surface area contributed by atoms with Crippen molar-refractivity contribution in [3.63, 3.8) is 0 Å². The molecule has 0 aliphatic rings. The van der Waals surface area contributed by atoms with Gasteiger partial charge in [0.05, 0.1) is 5.56 Å². The fourth-order valence-electron chi connectivity index (χ4n) is 3.58. The Hall–Kier alpha value is -3.08. The van der Waals surface area contributed by atoms with Gasteiger partial charge in [-0.1, -0.05) is 50.2 Å². The summed E-state index contributed by atoms with van der Waals surface area (Å²) in [6.07, 6.45) is 1.60. The van der Waals surface area contributed by atoms with Crippen molar-refractivity contribution in [3.05, 3.63) is 91.6 Å². The molecule has 1 heterocycles. The standard InChI is InChI=1S/C24H28N2O3/c1-16(2)21-22(27)25-24(28)26(12-8-11-19-9-6-5-7-10-19)23(21)29-20-14-17(3)13-18(4)15-20/h5-7,9-10,13-16H,8,11-12H2,1-4H3,(H,25,27,28). The maximum atomic E-state index is 12.6. The Kier molecular flexibility index (Phi) is 6.37. The van der Waals surface area contributed by atoms with Gasteiger partial charge in [0.2, 0.25) is 5.88 Å². The smallest absolute Gasteiger partial charge is 0.331 e. The zero-order valence-corrected chi connectivity index (χ0v) is 17.5. The van der Waals surface area contributed by atoms with Crippen LogP contribution in [0.3, 0.4) is 0 Å². The van der Waals surface area contributed by atoms with Crippen LogP contribution in [0.25, 0.3) is 0 Å². The molecule has 0 aliphatic carbocycles. The number of ether oxygens (including phenoxy) is 1. The van der Waals surface area contributed by atoms with E-state index in [1.807, 2.05) is 58.0 Å². The Morgan fingerprint density at radius 1 is 1.00 bits per heavy atom. The number of benzene rings is 2. The van der Waals surface area contributed by atoms with Crippen molar-refractivity contribution in [1.29, 1.82) is 0 Å². The first kappa shape index (κ1) is 20.6. The van der Waals surface area contributed by atoms with Gasteiger partial charge in [0.15, 0.2) is 0 Å². The van der Waals surface area contributed by atoms with E-state index in [1.54, 1.807) is 4.57 Å². The summed E-state index contributed by atoms with van der Waals surface area (Å²) >= 11 is 0. The summed E-state index contributed by atoms with van der Waals surface area (Å²) in [5, 5.41) is 0. The van der Waals surface area contributed by atoms with E-state index in [0.717, 1.165) is 24.0 Å². The number of aromatic nitrogens is 2. The van der Waals surface area contributed by atoms with Crippen LogP contribution in [0.5, 0.6) is 11.6 Å². The van der Waals surface area contributed by atoms with E-state index < -0.39 is 5.69 Å². The van der Waals surface area contributed by atoms with Gasteiger partial charge in [-0.15, -0.1) is 0 Å². The van der Waals surface area contributed by atoms with Crippen molar-refractivity contribution in [3.8, 4) is 11.6 Å². The third-order valence-corrected chi connectivity index (χ3v) is 4.86. The van der Waals surface area contributed by atoms with Crippen molar-refractivity contribution in [2.24, 2.45) is 0 Å². The molecule has 3 rings (SSSR count). The van der Waals surface area contributed by atoms with Gasteiger partial charge in [-0.2, -0.15) is 0 Å². The van der Waals surface area contributed by atoms with Gasteiger partial charge in [0.25, 0.3) is 5.56 Å². The molecule has 29 heavy (non-hydrogen) atoms. The predicted octanol–water partition coefficient (Wildman–Crippen LogP) is 4.70. The van der Waals surface area contributed by atoms with Gasteiger partial charge in [-0.05, 0) is 61.4 Å². The Morgan fingerprint density at radius 2 is 1.66 bits per heavy atom. The van der Waals surface area contributed by atoms with Crippen LogP contribution in [0.1, 0.15) is 48.4 Å². The molecule has 0 saturated carbocycles. The van der Waals surface area contributed by atoms with Gasteiger partial charge in [-0.25, -0.2) is 4.79 Å². The summed E-state index contributed by atoms with van der Waals surface area (Å²) < 4.78 is 7.72. The lowest BCUT2D eigenvalue weighted by Crippen LogP contribution is -2.34. The molecule has 0 aliphatic heterocycles. The largest absolute Gasteiger partial charge is 0.440 e. The molecule has 0 saturated heterocycles. The van der Waals surface area contributed by atoms with Gasteiger partial charge in [-0.3, -0.25) is 14.3 Å². The summed E-state index contributed by atoms with van der Waals surface area (Å²) in [4.78, 5) is 27.6. The maximum Gasteiger partial charge on any atom is 0.331 e. The van der Waals surface area contributed by atoms with Gasteiger partial charge in [0, 0.05) is 6.54 Å². The first-order chi connectivity index (χ1) is 13.8. The minimum atomic E-state index is -0.438. The number of hydrogen-bond acceptors (Lipinski definition) is 3. The minimum Gasteiger partial charge on any atom is -0.440 e. The predicted molar refractivity (Wildman–Crippen MR) is 116 cm³/mol. The second-order valence-corrected chi connectivity index (χ2v) is 7.80. The molecular weight excluding hydrogens is 364 g/mol. The Labute approximate surface area is 171 Å². The quantitative estimate of drug-likeness (QED) is 0.634. The topological polar surface area (TPSA) is 64.1 Å². The summed E-state index contributed by atoms with van der Waals surface area (Å²) in [5.74, 6) is 0.888. The van der Waals surface area contributed by atoms with E-state index >= 15 is 0 Å². The summed E-state index contributed by atoms with van der Waals surface area (Å²) in [5.41, 5.74) is 3.01. The average Bonchev–Trinajstić information content (AvgIpc) is 2.63. The molecule has 0 amide bonds. The molecule has 0 spiro atoms. The molecule has 0 fully saturated rings. The fraction of sp³-hybridized carbons (Fsp3) is 0.333. The van der Waals surface area contributed by atoms with E-state index in [9.17, 15) is 9.59 Å². The number of rotatable bonds is 7. The highest BCUT2D eigenvalue weighted by atomic mass is 16.5. The highest BCUT2D eigenvalue weighted by Gasteiger charge is 2.20. The summed E-state index contributed by atoms with van der Waals surface area (Å²) in [6, 6.07) is 16.0. The highest BCUT2D eigenvalue weighted by molar-refractivity contribution is 5.38. The van der Waals surface area contributed by atoms with Crippen LogP contribution in [-0.4, -0.2) is 9.55 Å². The monoisotopic (exact) mass is 392 g/mol. The molecule has 0 bridgehead atoms. The van der Waals surface area contributed by atoms with Crippen molar-refractivity contribution in [2.45, 2.75) is 53.0 Å². The lowest BCUT2D eigenvalue weighted by atomic mass is 10.1. The molecule has 2 aromatic carbocycles. The van der Waals surface area contributed by atoms with Crippen LogP contribution in [0.15, 0.2) is 58.1 Å². The number of hydrogen-bond donors (Lipinski definition) is 1. The number of H-pyrrole nitrogens is 1. The molecular formula is C24H28N2O3. The summed E-state index contributed by atoms with van der Waals surface area (Å²) in [7, 11) is 0. The van der Waals surface area contributed by atoms with E-state index in [1.165, 1.54) is 5.56 Å². The number of nitrogens with zero attached hydrogens (tertiary/aromatic N) is 1. The minimum absolute atomic E-state index is 0.0828.